The summed E-state index contributed by atoms with van der Waals surface area (Å²) in [4.78, 5) is 32.1. The van der Waals surface area contributed by atoms with E-state index in [4.69, 9.17) is 0 Å². The molecule has 0 aliphatic heterocycles. The van der Waals surface area contributed by atoms with Crippen LogP contribution in [0.15, 0.2) is 54.6 Å². The molecule has 0 bridgehead atoms. The van der Waals surface area contributed by atoms with Crippen LogP contribution in [-0.2, 0) is 4.79 Å². The van der Waals surface area contributed by atoms with Gasteiger partial charge in [-0.1, -0.05) is 12.1 Å². The zero-order valence-corrected chi connectivity index (χ0v) is 11.7. The van der Waals surface area contributed by atoms with Gasteiger partial charge < -0.3 is 5.32 Å². The van der Waals surface area contributed by atoms with E-state index in [1.54, 1.807) is 6.07 Å². The normalized spacial score (nSPS) is 10.4. The van der Waals surface area contributed by atoms with Gasteiger partial charge in [-0.05, 0) is 29.8 Å². The van der Waals surface area contributed by atoms with E-state index in [9.17, 15) is 25.0 Å². The van der Waals surface area contributed by atoms with Gasteiger partial charge in [0.05, 0.1) is 9.85 Å². The molecule has 0 aliphatic rings. The fraction of sp³-hybridized carbons (Fsp3) is 0. The number of hydrogen-bond acceptors (Lipinski definition) is 5. The van der Waals surface area contributed by atoms with Crippen molar-refractivity contribution in [3.63, 3.8) is 0 Å². The summed E-state index contributed by atoms with van der Waals surface area (Å²) >= 11 is 0. The highest BCUT2D eigenvalue weighted by molar-refractivity contribution is 6.03. The second-order valence-electron chi connectivity index (χ2n) is 4.45. The predicted octanol–water partition coefficient (Wildman–Crippen LogP) is 3.15. The lowest BCUT2D eigenvalue weighted by atomic mass is 10.2. The average Bonchev–Trinajstić information content (AvgIpc) is 2.53. The molecule has 0 unspecified atom stereocenters. The number of nitro benzene ring substituents is 2. The van der Waals surface area contributed by atoms with Crippen molar-refractivity contribution in [1.82, 2.24) is 0 Å². The first-order valence-corrected chi connectivity index (χ1v) is 6.44. The van der Waals surface area contributed by atoms with Crippen LogP contribution in [0.4, 0.5) is 17.1 Å². The topological polar surface area (TPSA) is 115 Å². The smallest absolute Gasteiger partial charge is 0.292 e. The van der Waals surface area contributed by atoms with Crippen LogP contribution < -0.4 is 5.32 Å². The van der Waals surface area contributed by atoms with Crippen molar-refractivity contribution in [3.05, 3.63) is 80.4 Å². The number of nitrogens with one attached hydrogen (secondary N) is 1. The lowest BCUT2D eigenvalue weighted by Crippen LogP contribution is -2.09. The molecule has 0 spiro atoms. The minimum absolute atomic E-state index is 0.0495. The third-order valence-electron chi connectivity index (χ3n) is 2.89. The highest BCUT2D eigenvalue weighted by atomic mass is 16.6. The van der Waals surface area contributed by atoms with E-state index >= 15 is 0 Å². The Morgan fingerprint density at radius 2 is 1.61 bits per heavy atom. The van der Waals surface area contributed by atoms with Gasteiger partial charge in [0.1, 0.15) is 5.69 Å². The van der Waals surface area contributed by atoms with Gasteiger partial charge in [0, 0.05) is 24.3 Å². The largest absolute Gasteiger partial charge is 0.317 e. The van der Waals surface area contributed by atoms with E-state index in [1.807, 2.05) is 0 Å². The number of para-hydroxylation sites is 2. The lowest BCUT2D eigenvalue weighted by Gasteiger charge is -2.02. The van der Waals surface area contributed by atoms with Crippen LogP contribution >= 0.6 is 0 Å². The number of carbonyl (C=O) groups is 1. The zero-order valence-electron chi connectivity index (χ0n) is 11.7. The Morgan fingerprint density at radius 1 is 0.957 bits per heavy atom. The zero-order chi connectivity index (χ0) is 16.8. The summed E-state index contributed by atoms with van der Waals surface area (Å²) in [5.41, 5.74) is 0.431. The number of amides is 1. The number of carbonyl (C=O) groups excluding carboxylic acids is 1. The summed E-state index contributed by atoms with van der Waals surface area (Å²) in [6, 6.07) is 11.4. The molecule has 0 saturated carbocycles. The highest BCUT2D eigenvalue weighted by Crippen LogP contribution is 2.23. The molecular formula is C15H11N3O5. The standard InChI is InChI=1S/C15H11N3O5/c19-15(16-13-3-1-2-4-14(13)18(22)23)10-7-11-5-8-12(9-6-11)17(20)21/h1-10H,(H,16,19). The minimum Gasteiger partial charge on any atom is -0.317 e. The van der Waals surface area contributed by atoms with Crippen molar-refractivity contribution in [2.75, 3.05) is 5.32 Å². The van der Waals surface area contributed by atoms with Gasteiger partial charge in [-0.2, -0.15) is 0 Å². The van der Waals surface area contributed by atoms with E-state index < -0.39 is 15.8 Å². The van der Waals surface area contributed by atoms with Gasteiger partial charge >= 0.3 is 0 Å². The van der Waals surface area contributed by atoms with Crippen LogP contribution in [0, 0.1) is 20.2 Å². The van der Waals surface area contributed by atoms with Gasteiger partial charge in [-0.15, -0.1) is 0 Å². The van der Waals surface area contributed by atoms with Crippen LogP contribution in [0.3, 0.4) is 0 Å². The van der Waals surface area contributed by atoms with Crippen LogP contribution in [0.25, 0.3) is 6.08 Å². The van der Waals surface area contributed by atoms with Gasteiger partial charge in [0.15, 0.2) is 0 Å². The van der Waals surface area contributed by atoms with Crippen LogP contribution in [0.1, 0.15) is 5.56 Å². The lowest BCUT2D eigenvalue weighted by molar-refractivity contribution is -0.384. The first-order chi connectivity index (χ1) is 11.0. The van der Waals surface area contributed by atoms with Crippen LogP contribution in [0.5, 0.6) is 0 Å². The predicted molar refractivity (Wildman–Crippen MR) is 83.9 cm³/mol. The number of anilines is 1. The molecule has 23 heavy (non-hydrogen) atoms. The van der Waals surface area contributed by atoms with E-state index in [0.29, 0.717) is 5.56 Å². The number of nitro groups is 2. The number of benzene rings is 2. The molecule has 0 fully saturated rings. The average molecular weight is 313 g/mol. The van der Waals surface area contributed by atoms with Crippen molar-refractivity contribution in [1.29, 1.82) is 0 Å². The summed E-state index contributed by atoms with van der Waals surface area (Å²) in [5, 5.41) is 23.8. The van der Waals surface area contributed by atoms with E-state index in [-0.39, 0.29) is 17.1 Å². The first kappa shape index (κ1) is 15.8. The van der Waals surface area contributed by atoms with E-state index in [0.717, 1.165) is 0 Å². The molecule has 2 aromatic carbocycles. The van der Waals surface area contributed by atoms with Crippen LogP contribution in [-0.4, -0.2) is 15.8 Å². The third-order valence-corrected chi connectivity index (χ3v) is 2.89. The molecule has 0 heterocycles. The monoisotopic (exact) mass is 313 g/mol. The Hall–Kier alpha value is -3.55. The molecule has 116 valence electrons. The maximum Gasteiger partial charge on any atom is 0.292 e. The Labute approximate surface area is 130 Å². The second-order valence-corrected chi connectivity index (χ2v) is 4.45. The Bertz CT molecular complexity index is 784. The quantitative estimate of drug-likeness (QED) is 0.517. The van der Waals surface area contributed by atoms with Crippen molar-refractivity contribution < 1.29 is 14.6 Å². The van der Waals surface area contributed by atoms with E-state index in [2.05, 4.69) is 5.32 Å². The summed E-state index contributed by atoms with van der Waals surface area (Å²) in [5.74, 6) is -0.544. The summed E-state index contributed by atoms with van der Waals surface area (Å²) < 4.78 is 0. The number of hydrogen-bond donors (Lipinski definition) is 1. The summed E-state index contributed by atoms with van der Waals surface area (Å²) in [6.45, 7) is 0. The van der Waals surface area contributed by atoms with Gasteiger partial charge in [-0.3, -0.25) is 25.0 Å². The van der Waals surface area contributed by atoms with E-state index in [1.165, 1.54) is 54.6 Å². The van der Waals surface area contributed by atoms with Crippen molar-refractivity contribution in [3.8, 4) is 0 Å². The molecule has 0 aliphatic carbocycles. The molecule has 8 nitrogen and oxygen atoms in total. The molecule has 2 rings (SSSR count). The fourth-order valence-corrected chi connectivity index (χ4v) is 1.79. The van der Waals surface area contributed by atoms with Gasteiger partial charge in [0.25, 0.3) is 11.4 Å². The fourth-order valence-electron chi connectivity index (χ4n) is 1.79. The molecule has 8 heteroatoms. The summed E-state index contributed by atoms with van der Waals surface area (Å²) in [6.07, 6.45) is 2.64. The Kier molecular flexibility index (Phi) is 4.78. The molecular weight excluding hydrogens is 302 g/mol. The van der Waals surface area contributed by atoms with Crippen molar-refractivity contribution >= 4 is 29.0 Å². The molecule has 0 aromatic heterocycles. The second kappa shape index (κ2) is 6.94. The minimum atomic E-state index is -0.588. The molecule has 1 N–H and O–H groups in total. The van der Waals surface area contributed by atoms with Crippen molar-refractivity contribution in [2.24, 2.45) is 0 Å². The molecule has 0 atom stereocenters. The maximum atomic E-state index is 11.8. The number of non-ortho nitro benzene ring substituents is 1. The van der Waals surface area contributed by atoms with Gasteiger partial charge in [-0.25, -0.2) is 0 Å². The SMILES string of the molecule is O=C(C=Cc1ccc([N+](=O)[O-])cc1)Nc1ccccc1[N+](=O)[O-]. The number of rotatable bonds is 5. The Balaban J connectivity index is 2.07. The third kappa shape index (κ3) is 4.21. The van der Waals surface area contributed by atoms with Crippen molar-refractivity contribution in [2.45, 2.75) is 0 Å². The number of nitrogens with zero attached hydrogens (tertiary/aromatic N) is 2. The maximum absolute atomic E-state index is 11.8. The van der Waals surface area contributed by atoms with Gasteiger partial charge in [0.2, 0.25) is 5.91 Å². The highest BCUT2D eigenvalue weighted by Gasteiger charge is 2.13. The van der Waals surface area contributed by atoms with Crippen LogP contribution in [0.2, 0.25) is 0 Å². The summed E-state index contributed by atoms with van der Waals surface area (Å²) in [7, 11) is 0. The molecule has 1 amide bonds. The molecule has 0 radical (unpaired) electrons. The molecule has 2 aromatic rings. The first-order valence-electron chi connectivity index (χ1n) is 6.44. The molecule has 0 saturated heterocycles. The Morgan fingerprint density at radius 3 is 2.22 bits per heavy atom.